The standard InChI is InChI=1S/C17H17ClF2N2O2/c1-22(10-12-3-2-4-13(18)9-12)11-16(23)21-14-5-7-15(8-6-14)24-17(19)20/h2-9,17H,10-11H2,1H3,(H,21,23). The maximum Gasteiger partial charge on any atom is 0.387 e. The van der Waals surface area contributed by atoms with Crippen LogP contribution in [0.3, 0.4) is 0 Å². The molecule has 0 aromatic heterocycles. The fraction of sp³-hybridized carbons (Fsp3) is 0.235. The fourth-order valence-electron chi connectivity index (χ4n) is 2.17. The molecule has 0 atom stereocenters. The van der Waals surface area contributed by atoms with Crippen LogP contribution in [0.1, 0.15) is 5.56 Å². The number of rotatable bonds is 7. The normalized spacial score (nSPS) is 10.9. The summed E-state index contributed by atoms with van der Waals surface area (Å²) in [5.74, 6) is -0.164. The van der Waals surface area contributed by atoms with E-state index < -0.39 is 6.61 Å². The Bertz CT molecular complexity index is 681. The number of carbonyl (C=O) groups is 1. The van der Waals surface area contributed by atoms with Crippen LogP contribution in [0.25, 0.3) is 0 Å². The topological polar surface area (TPSA) is 41.6 Å². The Morgan fingerprint density at radius 3 is 2.58 bits per heavy atom. The van der Waals surface area contributed by atoms with Gasteiger partial charge in [-0.2, -0.15) is 8.78 Å². The Kier molecular flexibility index (Phi) is 6.52. The molecule has 2 aromatic carbocycles. The molecule has 0 heterocycles. The van der Waals surface area contributed by atoms with E-state index >= 15 is 0 Å². The minimum atomic E-state index is -2.87. The number of hydrogen-bond donors (Lipinski definition) is 1. The summed E-state index contributed by atoms with van der Waals surface area (Å²) in [4.78, 5) is 13.9. The first kappa shape index (κ1) is 18.2. The molecule has 1 amide bonds. The van der Waals surface area contributed by atoms with Crippen LogP contribution >= 0.6 is 11.6 Å². The number of amides is 1. The molecule has 1 N–H and O–H groups in total. The number of hydrogen-bond acceptors (Lipinski definition) is 3. The molecule has 2 aromatic rings. The number of likely N-dealkylation sites (N-methyl/N-ethyl adjacent to an activating group) is 1. The highest BCUT2D eigenvalue weighted by Gasteiger charge is 2.09. The van der Waals surface area contributed by atoms with Crippen LogP contribution in [0.4, 0.5) is 14.5 Å². The van der Waals surface area contributed by atoms with E-state index in [2.05, 4.69) is 10.1 Å². The number of nitrogens with one attached hydrogen (secondary N) is 1. The Hall–Kier alpha value is -2.18. The Morgan fingerprint density at radius 1 is 1.25 bits per heavy atom. The summed E-state index contributed by atoms with van der Waals surface area (Å²) < 4.78 is 28.4. The second-order valence-electron chi connectivity index (χ2n) is 5.25. The van der Waals surface area contributed by atoms with Crippen LogP contribution in [0.15, 0.2) is 48.5 Å². The van der Waals surface area contributed by atoms with Gasteiger partial charge in [0.05, 0.1) is 6.54 Å². The summed E-state index contributed by atoms with van der Waals surface area (Å²) in [5.41, 5.74) is 1.52. The number of alkyl halides is 2. The number of ether oxygens (including phenoxy) is 1. The summed E-state index contributed by atoms with van der Waals surface area (Å²) >= 11 is 5.93. The van der Waals surface area contributed by atoms with E-state index in [0.29, 0.717) is 17.3 Å². The van der Waals surface area contributed by atoms with Crippen molar-refractivity contribution in [2.75, 3.05) is 18.9 Å². The zero-order chi connectivity index (χ0) is 17.5. The molecule has 7 heteroatoms. The quantitative estimate of drug-likeness (QED) is 0.816. The summed E-state index contributed by atoms with van der Waals surface area (Å²) in [6.45, 7) is -2.11. The van der Waals surface area contributed by atoms with E-state index in [-0.39, 0.29) is 18.2 Å². The van der Waals surface area contributed by atoms with Crippen molar-refractivity contribution in [1.29, 1.82) is 0 Å². The minimum Gasteiger partial charge on any atom is -0.435 e. The molecule has 0 bridgehead atoms. The summed E-state index contributed by atoms with van der Waals surface area (Å²) in [6.07, 6.45) is 0. The molecular weight excluding hydrogens is 338 g/mol. The highest BCUT2D eigenvalue weighted by atomic mass is 35.5. The van der Waals surface area contributed by atoms with Crippen molar-refractivity contribution in [3.8, 4) is 5.75 Å². The molecule has 4 nitrogen and oxygen atoms in total. The van der Waals surface area contributed by atoms with Crippen molar-refractivity contribution >= 4 is 23.2 Å². The lowest BCUT2D eigenvalue weighted by Gasteiger charge is -2.16. The molecule has 128 valence electrons. The second-order valence-corrected chi connectivity index (χ2v) is 5.69. The molecule has 0 aliphatic heterocycles. The van der Waals surface area contributed by atoms with Gasteiger partial charge < -0.3 is 10.1 Å². The van der Waals surface area contributed by atoms with Gasteiger partial charge in [-0.3, -0.25) is 9.69 Å². The van der Waals surface area contributed by atoms with Gasteiger partial charge in [0.15, 0.2) is 0 Å². The monoisotopic (exact) mass is 354 g/mol. The fourth-order valence-corrected chi connectivity index (χ4v) is 2.38. The van der Waals surface area contributed by atoms with E-state index in [9.17, 15) is 13.6 Å². The van der Waals surface area contributed by atoms with E-state index in [1.807, 2.05) is 30.1 Å². The molecule has 0 aliphatic carbocycles. The SMILES string of the molecule is CN(CC(=O)Nc1ccc(OC(F)F)cc1)Cc1cccc(Cl)c1. The largest absolute Gasteiger partial charge is 0.435 e. The predicted molar refractivity (Wildman–Crippen MR) is 89.5 cm³/mol. The van der Waals surface area contributed by atoms with Crippen molar-refractivity contribution in [2.45, 2.75) is 13.2 Å². The molecule has 0 fully saturated rings. The number of benzene rings is 2. The van der Waals surface area contributed by atoms with Crippen molar-refractivity contribution in [2.24, 2.45) is 0 Å². The Labute approximate surface area is 144 Å². The lowest BCUT2D eigenvalue weighted by atomic mass is 10.2. The molecule has 2 rings (SSSR count). The first-order chi connectivity index (χ1) is 11.4. The van der Waals surface area contributed by atoms with Gasteiger partial charge in [0.25, 0.3) is 0 Å². The van der Waals surface area contributed by atoms with Crippen molar-refractivity contribution in [1.82, 2.24) is 4.90 Å². The van der Waals surface area contributed by atoms with Crippen molar-refractivity contribution in [3.63, 3.8) is 0 Å². The predicted octanol–water partition coefficient (Wildman–Crippen LogP) is 4.01. The molecule has 0 saturated heterocycles. The van der Waals surface area contributed by atoms with Crippen LogP contribution in [0, 0.1) is 0 Å². The number of anilines is 1. The zero-order valence-electron chi connectivity index (χ0n) is 13.0. The second kappa shape index (κ2) is 8.61. The Balaban J connectivity index is 1.83. The maximum absolute atomic E-state index is 12.1. The number of carbonyl (C=O) groups excluding carboxylic acids is 1. The van der Waals surface area contributed by atoms with E-state index in [1.54, 1.807) is 6.07 Å². The highest BCUT2D eigenvalue weighted by molar-refractivity contribution is 6.30. The highest BCUT2D eigenvalue weighted by Crippen LogP contribution is 2.18. The summed E-state index contributed by atoms with van der Waals surface area (Å²) in [5, 5.41) is 3.35. The van der Waals surface area contributed by atoms with Gasteiger partial charge in [-0.25, -0.2) is 0 Å². The third-order valence-electron chi connectivity index (χ3n) is 3.12. The first-order valence-electron chi connectivity index (χ1n) is 7.20. The number of halogens is 3. The van der Waals surface area contributed by atoms with Crippen molar-refractivity contribution in [3.05, 3.63) is 59.1 Å². The third-order valence-corrected chi connectivity index (χ3v) is 3.35. The molecule has 0 radical (unpaired) electrons. The van der Waals surface area contributed by atoms with Crippen LogP contribution < -0.4 is 10.1 Å². The van der Waals surface area contributed by atoms with Crippen LogP contribution in [-0.2, 0) is 11.3 Å². The van der Waals surface area contributed by atoms with Gasteiger partial charge in [-0.05, 0) is 49.0 Å². The van der Waals surface area contributed by atoms with Crippen LogP contribution in [0.5, 0.6) is 5.75 Å². The van der Waals surface area contributed by atoms with Crippen LogP contribution in [0.2, 0.25) is 5.02 Å². The molecular formula is C17H17ClF2N2O2. The first-order valence-corrected chi connectivity index (χ1v) is 7.58. The summed E-state index contributed by atoms with van der Waals surface area (Å²) in [6, 6.07) is 13.2. The molecule has 24 heavy (non-hydrogen) atoms. The minimum absolute atomic E-state index is 0.0427. The van der Waals surface area contributed by atoms with Gasteiger partial charge in [0.2, 0.25) is 5.91 Å². The average Bonchev–Trinajstić information content (AvgIpc) is 2.48. The van der Waals surface area contributed by atoms with Gasteiger partial charge >= 0.3 is 6.61 Å². The lowest BCUT2D eigenvalue weighted by molar-refractivity contribution is -0.117. The molecule has 0 spiro atoms. The smallest absolute Gasteiger partial charge is 0.387 e. The van der Waals surface area contributed by atoms with Gasteiger partial charge in [0.1, 0.15) is 5.75 Å². The third kappa shape index (κ3) is 6.14. The van der Waals surface area contributed by atoms with Gasteiger partial charge in [0, 0.05) is 17.3 Å². The molecule has 0 unspecified atom stereocenters. The van der Waals surface area contributed by atoms with Crippen LogP contribution in [-0.4, -0.2) is 31.0 Å². The molecule has 0 aliphatic rings. The van der Waals surface area contributed by atoms with E-state index in [4.69, 9.17) is 11.6 Å². The van der Waals surface area contributed by atoms with Gasteiger partial charge in [-0.1, -0.05) is 23.7 Å². The maximum atomic E-state index is 12.1. The molecule has 0 saturated carbocycles. The Morgan fingerprint density at radius 2 is 1.96 bits per heavy atom. The zero-order valence-corrected chi connectivity index (χ0v) is 13.8. The van der Waals surface area contributed by atoms with E-state index in [1.165, 1.54) is 24.3 Å². The summed E-state index contributed by atoms with van der Waals surface area (Å²) in [7, 11) is 1.82. The van der Waals surface area contributed by atoms with Crippen molar-refractivity contribution < 1.29 is 18.3 Å². The number of nitrogens with zero attached hydrogens (tertiary/aromatic N) is 1. The van der Waals surface area contributed by atoms with E-state index in [0.717, 1.165) is 5.56 Å². The lowest BCUT2D eigenvalue weighted by Crippen LogP contribution is -2.29. The van der Waals surface area contributed by atoms with Gasteiger partial charge in [-0.15, -0.1) is 0 Å². The average molecular weight is 355 g/mol.